The fourth-order valence-corrected chi connectivity index (χ4v) is 5.33. The van der Waals surface area contributed by atoms with Gasteiger partial charge in [-0.1, -0.05) is 43.6 Å². The van der Waals surface area contributed by atoms with Crippen LogP contribution in [0.4, 0.5) is 0 Å². The lowest BCUT2D eigenvalue weighted by atomic mass is 9.91. The number of rotatable bonds is 8. The van der Waals surface area contributed by atoms with Gasteiger partial charge in [-0.15, -0.1) is 11.3 Å². The van der Waals surface area contributed by atoms with Gasteiger partial charge in [-0.2, -0.15) is 0 Å². The monoisotopic (exact) mass is 476 g/mol. The summed E-state index contributed by atoms with van der Waals surface area (Å²) in [7, 11) is 4.08. The Hall–Kier alpha value is -1.96. The van der Waals surface area contributed by atoms with Crippen molar-refractivity contribution in [3.8, 4) is 10.6 Å². The lowest BCUT2D eigenvalue weighted by molar-refractivity contribution is -0.135. The van der Waals surface area contributed by atoms with Crippen LogP contribution >= 0.6 is 22.9 Å². The Morgan fingerprint density at radius 2 is 1.94 bits per heavy atom. The summed E-state index contributed by atoms with van der Waals surface area (Å²) >= 11 is 7.76. The molecular formula is C24H33ClN4O2S. The average Bonchev–Trinajstić information content (AvgIpc) is 3.19. The average molecular weight is 477 g/mol. The number of nitrogens with one attached hydrogen (secondary N) is 1. The molecule has 2 aromatic rings. The maximum Gasteiger partial charge on any atom is 0.228 e. The SMILES string of the molecule is CN(C)CC(C)(C)CNC(=O)C1CCN(C(=O)Cc2csc(-c3ccccc3Cl)n2)CC1. The van der Waals surface area contributed by atoms with E-state index in [1.807, 2.05) is 48.6 Å². The Labute approximate surface area is 200 Å². The Balaban J connectivity index is 1.47. The van der Waals surface area contributed by atoms with Gasteiger partial charge >= 0.3 is 0 Å². The van der Waals surface area contributed by atoms with Gasteiger partial charge in [-0.3, -0.25) is 9.59 Å². The lowest BCUT2D eigenvalue weighted by Crippen LogP contribution is -2.46. The van der Waals surface area contributed by atoms with Crippen LogP contribution in [0, 0.1) is 11.3 Å². The molecule has 2 heterocycles. The fraction of sp³-hybridized carbons (Fsp3) is 0.542. The first-order valence-corrected chi connectivity index (χ1v) is 12.3. The number of piperidine rings is 1. The van der Waals surface area contributed by atoms with Gasteiger partial charge in [0.25, 0.3) is 0 Å². The van der Waals surface area contributed by atoms with Crippen LogP contribution in [0.3, 0.4) is 0 Å². The third-order valence-electron chi connectivity index (χ3n) is 5.69. The molecule has 1 aromatic heterocycles. The second-order valence-electron chi connectivity index (χ2n) is 9.58. The highest BCUT2D eigenvalue weighted by molar-refractivity contribution is 7.13. The molecule has 6 nitrogen and oxygen atoms in total. The first kappa shape index (κ1) is 24.7. The third-order valence-corrected chi connectivity index (χ3v) is 6.95. The molecule has 0 spiro atoms. The van der Waals surface area contributed by atoms with E-state index in [1.54, 1.807) is 0 Å². The fourth-order valence-electron chi connectivity index (χ4n) is 4.19. The van der Waals surface area contributed by atoms with E-state index >= 15 is 0 Å². The molecule has 174 valence electrons. The first-order valence-electron chi connectivity index (χ1n) is 11.0. The van der Waals surface area contributed by atoms with Crippen molar-refractivity contribution in [3.63, 3.8) is 0 Å². The Bertz CT molecular complexity index is 936. The minimum Gasteiger partial charge on any atom is -0.355 e. The molecule has 0 aliphatic carbocycles. The van der Waals surface area contributed by atoms with E-state index in [-0.39, 0.29) is 29.6 Å². The van der Waals surface area contributed by atoms with Gasteiger partial charge in [-0.05, 0) is 38.4 Å². The summed E-state index contributed by atoms with van der Waals surface area (Å²) in [5.41, 5.74) is 1.67. The number of likely N-dealkylation sites (tertiary alicyclic amines) is 1. The molecule has 8 heteroatoms. The molecule has 1 fully saturated rings. The number of halogens is 1. The Kier molecular flexibility index (Phi) is 8.31. The summed E-state index contributed by atoms with van der Waals surface area (Å²) in [6.07, 6.45) is 1.68. The van der Waals surface area contributed by atoms with Crippen molar-refractivity contribution in [2.75, 3.05) is 40.3 Å². The first-order chi connectivity index (χ1) is 15.1. The highest BCUT2D eigenvalue weighted by atomic mass is 35.5. The number of nitrogens with zero attached hydrogens (tertiary/aromatic N) is 3. The van der Waals surface area contributed by atoms with E-state index in [0.717, 1.165) is 22.8 Å². The number of thiazole rings is 1. The van der Waals surface area contributed by atoms with E-state index in [1.165, 1.54) is 11.3 Å². The van der Waals surface area contributed by atoms with Gasteiger partial charge in [0.2, 0.25) is 11.8 Å². The quantitative estimate of drug-likeness (QED) is 0.626. The molecule has 2 amide bonds. The van der Waals surface area contributed by atoms with Gasteiger partial charge in [0, 0.05) is 43.0 Å². The standard InChI is InChI=1S/C24H33ClN4O2S/c1-24(2,16-28(3)4)15-26-22(31)17-9-11-29(12-10-17)21(30)13-18-14-32-23(27-18)19-7-5-6-8-20(19)25/h5-8,14,17H,9-13,15-16H2,1-4H3,(H,26,31). The summed E-state index contributed by atoms with van der Waals surface area (Å²) in [5.74, 6) is 0.139. The molecule has 0 unspecified atom stereocenters. The summed E-state index contributed by atoms with van der Waals surface area (Å²) in [6, 6.07) is 7.59. The van der Waals surface area contributed by atoms with Crippen LogP contribution in [0.15, 0.2) is 29.6 Å². The van der Waals surface area contributed by atoms with Gasteiger partial charge < -0.3 is 15.1 Å². The van der Waals surface area contributed by atoms with Crippen LogP contribution in [-0.2, 0) is 16.0 Å². The zero-order chi connectivity index (χ0) is 23.3. The van der Waals surface area contributed by atoms with Crippen molar-refractivity contribution in [1.29, 1.82) is 0 Å². The molecule has 32 heavy (non-hydrogen) atoms. The maximum atomic E-state index is 12.8. The van der Waals surface area contributed by atoms with Gasteiger partial charge in [0.15, 0.2) is 0 Å². The van der Waals surface area contributed by atoms with E-state index in [2.05, 4.69) is 29.0 Å². The third kappa shape index (κ3) is 6.77. The predicted molar refractivity (Wildman–Crippen MR) is 131 cm³/mol. The van der Waals surface area contributed by atoms with Crippen LogP contribution in [0.1, 0.15) is 32.4 Å². The Morgan fingerprint density at radius 1 is 1.25 bits per heavy atom. The molecule has 0 atom stereocenters. The second-order valence-corrected chi connectivity index (χ2v) is 10.8. The largest absolute Gasteiger partial charge is 0.355 e. The molecule has 1 aliphatic rings. The summed E-state index contributed by atoms with van der Waals surface area (Å²) in [4.78, 5) is 34.0. The molecule has 1 N–H and O–H groups in total. The summed E-state index contributed by atoms with van der Waals surface area (Å²) < 4.78 is 0. The van der Waals surface area contributed by atoms with Crippen molar-refractivity contribution < 1.29 is 9.59 Å². The zero-order valence-electron chi connectivity index (χ0n) is 19.4. The highest BCUT2D eigenvalue weighted by Crippen LogP contribution is 2.30. The minimum absolute atomic E-state index is 0.0200. The molecule has 0 saturated carbocycles. The Morgan fingerprint density at radius 3 is 2.59 bits per heavy atom. The van der Waals surface area contributed by atoms with Crippen molar-refractivity contribution in [2.45, 2.75) is 33.1 Å². The van der Waals surface area contributed by atoms with Crippen molar-refractivity contribution in [1.82, 2.24) is 20.1 Å². The number of benzene rings is 1. The smallest absolute Gasteiger partial charge is 0.228 e. The topological polar surface area (TPSA) is 65.5 Å². The lowest BCUT2D eigenvalue weighted by Gasteiger charge is -2.33. The van der Waals surface area contributed by atoms with Gasteiger partial charge in [-0.25, -0.2) is 4.98 Å². The van der Waals surface area contributed by atoms with Crippen LogP contribution in [0.2, 0.25) is 5.02 Å². The van der Waals surface area contributed by atoms with Crippen LogP contribution in [0.25, 0.3) is 10.6 Å². The number of carbonyl (C=O) groups excluding carboxylic acids is 2. The molecule has 1 aromatic carbocycles. The molecule has 1 saturated heterocycles. The van der Waals surface area contributed by atoms with Crippen molar-refractivity contribution >= 4 is 34.8 Å². The molecule has 0 radical (unpaired) electrons. The van der Waals surface area contributed by atoms with Gasteiger partial charge in [0.05, 0.1) is 17.1 Å². The van der Waals surface area contributed by atoms with E-state index in [4.69, 9.17) is 11.6 Å². The summed E-state index contributed by atoms with van der Waals surface area (Å²) in [5, 5.41) is 6.52. The van der Waals surface area contributed by atoms with Crippen LogP contribution in [0.5, 0.6) is 0 Å². The van der Waals surface area contributed by atoms with Crippen LogP contribution < -0.4 is 5.32 Å². The van der Waals surface area contributed by atoms with Gasteiger partial charge in [0.1, 0.15) is 5.01 Å². The van der Waals surface area contributed by atoms with Crippen molar-refractivity contribution in [3.05, 3.63) is 40.4 Å². The number of carbonyl (C=O) groups is 2. The maximum absolute atomic E-state index is 12.8. The van der Waals surface area contributed by atoms with Crippen molar-refractivity contribution in [2.24, 2.45) is 11.3 Å². The second kappa shape index (κ2) is 10.8. The van der Waals surface area contributed by atoms with Crippen LogP contribution in [-0.4, -0.2) is 66.9 Å². The number of amides is 2. The normalized spacial score (nSPS) is 15.2. The summed E-state index contributed by atoms with van der Waals surface area (Å²) in [6.45, 7) is 7.10. The molecular weight excluding hydrogens is 444 g/mol. The number of hydrogen-bond acceptors (Lipinski definition) is 5. The van der Waals surface area contributed by atoms with E-state index in [0.29, 0.717) is 37.5 Å². The zero-order valence-corrected chi connectivity index (χ0v) is 20.9. The number of hydrogen-bond donors (Lipinski definition) is 1. The number of aromatic nitrogens is 1. The molecule has 1 aliphatic heterocycles. The molecule has 0 bridgehead atoms. The van der Waals surface area contributed by atoms with E-state index < -0.39 is 0 Å². The van der Waals surface area contributed by atoms with E-state index in [9.17, 15) is 9.59 Å². The molecule has 3 rings (SSSR count). The minimum atomic E-state index is -0.0275. The highest BCUT2D eigenvalue weighted by Gasteiger charge is 2.29. The predicted octanol–water partition coefficient (Wildman–Crippen LogP) is 3.95.